The highest BCUT2D eigenvalue weighted by atomic mass is 32.2. The Balaban J connectivity index is 1.67. The molecule has 1 unspecified atom stereocenters. The summed E-state index contributed by atoms with van der Waals surface area (Å²) in [5.74, 6) is 0.529. The van der Waals surface area contributed by atoms with Crippen LogP contribution in [0.25, 0.3) is 22.3 Å². The van der Waals surface area contributed by atoms with Crippen molar-refractivity contribution < 1.29 is 22.7 Å². The highest BCUT2D eigenvalue weighted by Gasteiger charge is 2.36. The molecule has 9 heteroatoms. The summed E-state index contributed by atoms with van der Waals surface area (Å²) in [7, 11) is 0. The van der Waals surface area contributed by atoms with Crippen molar-refractivity contribution in [2.24, 2.45) is 0 Å². The number of benzene rings is 1. The lowest BCUT2D eigenvalue weighted by Gasteiger charge is -2.21. The molecular weight excluding hydrogens is 451 g/mol. The fraction of sp³-hybridized carbons (Fsp3) is 0.417. The average Bonchev–Trinajstić information content (AvgIpc) is 3.50. The number of carbonyl (C=O) groups is 1. The van der Waals surface area contributed by atoms with Gasteiger partial charge in [0.05, 0.1) is 16.9 Å². The first-order chi connectivity index (χ1) is 15.4. The van der Waals surface area contributed by atoms with Crippen molar-refractivity contribution in [1.29, 1.82) is 0 Å². The molecule has 3 aromatic rings. The Morgan fingerprint density at radius 3 is 2.48 bits per heavy atom. The van der Waals surface area contributed by atoms with Crippen molar-refractivity contribution in [1.82, 2.24) is 14.3 Å². The standard InChI is InChI=1S/C24H26F3N3O2S/c1-14(24(25,26)27)29-33-18-9-10-19(28-13-18)21-12-17-8-7-16(15-5-6-15)11-20(17)30(21)22(31)32-23(2,3)4/h7-15,29H,5-6H2,1-4H3. The molecule has 0 amide bonds. The summed E-state index contributed by atoms with van der Waals surface area (Å²) < 4.78 is 47.7. The topological polar surface area (TPSA) is 56.2 Å². The van der Waals surface area contributed by atoms with Crippen molar-refractivity contribution >= 4 is 28.9 Å². The van der Waals surface area contributed by atoms with Crippen LogP contribution >= 0.6 is 11.9 Å². The molecule has 1 aromatic carbocycles. The predicted molar refractivity (Wildman–Crippen MR) is 123 cm³/mol. The minimum Gasteiger partial charge on any atom is -0.443 e. The summed E-state index contributed by atoms with van der Waals surface area (Å²) in [5.41, 5.74) is 2.37. The molecule has 0 bridgehead atoms. The van der Waals surface area contributed by atoms with Crippen LogP contribution in [0.3, 0.4) is 0 Å². The molecule has 2 heterocycles. The van der Waals surface area contributed by atoms with Crippen molar-refractivity contribution in [2.45, 2.75) is 69.2 Å². The van der Waals surface area contributed by atoms with E-state index in [1.54, 1.807) is 12.1 Å². The summed E-state index contributed by atoms with van der Waals surface area (Å²) >= 11 is 0.864. The van der Waals surface area contributed by atoms with E-state index in [1.165, 1.54) is 16.3 Å². The number of carbonyl (C=O) groups excluding carboxylic acids is 1. The zero-order chi connectivity index (χ0) is 24.0. The lowest BCUT2D eigenvalue weighted by molar-refractivity contribution is -0.146. The van der Waals surface area contributed by atoms with E-state index in [1.807, 2.05) is 39.0 Å². The SMILES string of the molecule is CC(NSc1ccc(-c2cc3ccc(C4CC4)cc3n2C(=O)OC(C)(C)C)nc1)C(F)(F)F. The predicted octanol–water partition coefficient (Wildman–Crippen LogP) is 6.91. The Hall–Kier alpha value is -2.52. The molecule has 1 aliphatic carbocycles. The van der Waals surface area contributed by atoms with Gasteiger partial charge >= 0.3 is 12.3 Å². The first kappa shape index (κ1) is 23.6. The van der Waals surface area contributed by atoms with Gasteiger partial charge in [-0.05, 0) is 88.2 Å². The maximum absolute atomic E-state index is 13.2. The van der Waals surface area contributed by atoms with Gasteiger partial charge in [-0.15, -0.1) is 0 Å². The first-order valence-electron chi connectivity index (χ1n) is 10.8. The molecule has 0 spiro atoms. The van der Waals surface area contributed by atoms with E-state index in [0.29, 0.717) is 22.2 Å². The highest BCUT2D eigenvalue weighted by Crippen LogP contribution is 2.41. The van der Waals surface area contributed by atoms with Crippen molar-refractivity contribution in [3.05, 3.63) is 48.2 Å². The van der Waals surface area contributed by atoms with Crippen LogP contribution in [0, 0.1) is 0 Å². The van der Waals surface area contributed by atoms with E-state index in [-0.39, 0.29) is 0 Å². The second-order valence-corrected chi connectivity index (χ2v) is 10.2. The number of hydrogen-bond donors (Lipinski definition) is 1. The van der Waals surface area contributed by atoms with E-state index >= 15 is 0 Å². The van der Waals surface area contributed by atoms with Gasteiger partial charge in [0.25, 0.3) is 0 Å². The summed E-state index contributed by atoms with van der Waals surface area (Å²) in [6.07, 6.45) is -1.04. The molecule has 2 aromatic heterocycles. The number of hydrogen-bond acceptors (Lipinski definition) is 5. The zero-order valence-electron chi connectivity index (χ0n) is 18.9. The molecule has 5 nitrogen and oxygen atoms in total. The van der Waals surface area contributed by atoms with Gasteiger partial charge in [-0.2, -0.15) is 13.2 Å². The van der Waals surface area contributed by atoms with Crippen molar-refractivity contribution in [3.8, 4) is 11.4 Å². The van der Waals surface area contributed by atoms with Crippen molar-refractivity contribution in [2.75, 3.05) is 0 Å². The van der Waals surface area contributed by atoms with Crippen LogP contribution in [0.5, 0.6) is 0 Å². The molecule has 0 aliphatic heterocycles. The molecule has 176 valence electrons. The van der Waals surface area contributed by atoms with Crippen LogP contribution in [0.1, 0.15) is 52.0 Å². The monoisotopic (exact) mass is 477 g/mol. The normalized spacial score (nSPS) is 15.6. The third-order valence-corrected chi connectivity index (χ3v) is 6.25. The fourth-order valence-corrected chi connectivity index (χ4v) is 4.08. The van der Waals surface area contributed by atoms with E-state index in [0.717, 1.165) is 42.6 Å². The second kappa shape index (κ2) is 8.68. The molecule has 1 N–H and O–H groups in total. The van der Waals surface area contributed by atoms with Gasteiger partial charge in [-0.25, -0.2) is 14.1 Å². The second-order valence-electron chi connectivity index (χ2n) is 9.30. The van der Waals surface area contributed by atoms with Gasteiger partial charge in [-0.1, -0.05) is 12.1 Å². The minimum absolute atomic E-state index is 0.499. The van der Waals surface area contributed by atoms with E-state index < -0.39 is 23.9 Å². The zero-order valence-corrected chi connectivity index (χ0v) is 19.7. The Labute approximate surface area is 194 Å². The van der Waals surface area contributed by atoms with Crippen LogP contribution in [0.2, 0.25) is 0 Å². The van der Waals surface area contributed by atoms with Crippen LogP contribution in [-0.2, 0) is 4.74 Å². The number of fused-ring (bicyclic) bond motifs is 1. The molecule has 4 rings (SSSR count). The summed E-state index contributed by atoms with van der Waals surface area (Å²) in [6, 6.07) is 9.72. The third kappa shape index (κ3) is 5.52. The Morgan fingerprint density at radius 1 is 1.18 bits per heavy atom. The Morgan fingerprint density at radius 2 is 1.91 bits per heavy atom. The van der Waals surface area contributed by atoms with Gasteiger partial charge in [0, 0.05) is 16.5 Å². The third-order valence-electron chi connectivity index (χ3n) is 5.30. The van der Waals surface area contributed by atoms with E-state index in [2.05, 4.69) is 15.8 Å². The minimum atomic E-state index is -4.33. The number of ether oxygens (including phenoxy) is 1. The van der Waals surface area contributed by atoms with E-state index in [9.17, 15) is 18.0 Å². The van der Waals surface area contributed by atoms with E-state index in [4.69, 9.17) is 4.74 Å². The average molecular weight is 478 g/mol. The molecule has 1 saturated carbocycles. The maximum atomic E-state index is 13.2. The van der Waals surface area contributed by atoms with Gasteiger partial charge in [0.1, 0.15) is 11.6 Å². The van der Waals surface area contributed by atoms with Gasteiger partial charge < -0.3 is 4.74 Å². The Bertz CT molecular complexity index is 1160. The number of nitrogens with zero attached hydrogens (tertiary/aromatic N) is 2. The summed E-state index contributed by atoms with van der Waals surface area (Å²) in [4.78, 5) is 18.1. The lowest BCUT2D eigenvalue weighted by Crippen LogP contribution is -2.35. The molecule has 0 radical (unpaired) electrons. The number of halogens is 3. The summed E-state index contributed by atoms with van der Waals surface area (Å²) in [5, 5.41) is 0.890. The Kier molecular flexibility index (Phi) is 6.22. The smallest absolute Gasteiger partial charge is 0.419 e. The quantitative estimate of drug-likeness (QED) is 0.405. The number of aromatic nitrogens is 2. The van der Waals surface area contributed by atoms with Crippen LogP contribution in [-0.4, -0.2) is 33.5 Å². The maximum Gasteiger partial charge on any atom is 0.419 e. The largest absolute Gasteiger partial charge is 0.443 e. The molecule has 1 aliphatic rings. The number of alkyl halides is 3. The summed E-state index contributed by atoms with van der Waals surface area (Å²) in [6.45, 7) is 6.49. The van der Waals surface area contributed by atoms with Crippen LogP contribution in [0.15, 0.2) is 47.5 Å². The molecule has 1 atom stereocenters. The molecule has 0 saturated heterocycles. The lowest BCUT2D eigenvalue weighted by atomic mass is 10.1. The molecule has 33 heavy (non-hydrogen) atoms. The van der Waals surface area contributed by atoms with Gasteiger partial charge in [0.15, 0.2) is 0 Å². The highest BCUT2D eigenvalue weighted by molar-refractivity contribution is 7.97. The fourth-order valence-electron chi connectivity index (χ4n) is 3.40. The van der Waals surface area contributed by atoms with Crippen molar-refractivity contribution in [3.63, 3.8) is 0 Å². The van der Waals surface area contributed by atoms with Crippen LogP contribution in [0.4, 0.5) is 18.0 Å². The molecular formula is C24H26F3N3O2S. The first-order valence-corrected chi connectivity index (χ1v) is 11.6. The van der Waals surface area contributed by atoms with Gasteiger partial charge in [-0.3, -0.25) is 4.98 Å². The van der Waals surface area contributed by atoms with Gasteiger partial charge in [0.2, 0.25) is 0 Å². The van der Waals surface area contributed by atoms with Crippen LogP contribution < -0.4 is 4.72 Å². The number of rotatable bonds is 5. The number of pyridine rings is 1. The molecule has 1 fully saturated rings. The number of nitrogens with one attached hydrogen (secondary N) is 1.